The highest BCUT2D eigenvalue weighted by Gasteiger charge is 2.17. The number of aromatic amines is 1. The molecule has 0 atom stereocenters. The highest BCUT2D eigenvalue weighted by Crippen LogP contribution is 2.26. The monoisotopic (exact) mass is 273 g/mol. The highest BCUT2D eigenvalue weighted by molar-refractivity contribution is 5.96. The van der Waals surface area contributed by atoms with Gasteiger partial charge in [-0.15, -0.1) is 0 Å². The van der Waals surface area contributed by atoms with Crippen LogP contribution in [0.3, 0.4) is 0 Å². The van der Waals surface area contributed by atoms with Gasteiger partial charge in [-0.3, -0.25) is 4.79 Å². The number of methoxy groups -OCH3 is 2. The molecule has 20 heavy (non-hydrogen) atoms. The Morgan fingerprint density at radius 3 is 2.55 bits per heavy atom. The molecule has 104 valence electrons. The molecular weight excluding hydrogens is 258 g/mol. The molecule has 0 radical (unpaired) electrons. The average molecular weight is 273 g/mol. The van der Waals surface area contributed by atoms with Crippen LogP contribution in [-0.2, 0) is 4.74 Å². The van der Waals surface area contributed by atoms with Crippen LogP contribution >= 0.6 is 0 Å². The predicted octanol–water partition coefficient (Wildman–Crippen LogP) is 2.15. The Balaban J connectivity index is 2.66. The van der Waals surface area contributed by atoms with E-state index in [1.54, 1.807) is 25.3 Å². The van der Waals surface area contributed by atoms with E-state index >= 15 is 0 Å². The molecule has 0 saturated heterocycles. The zero-order valence-electron chi connectivity index (χ0n) is 11.5. The number of nitrogens with one attached hydrogen (secondary N) is 1. The van der Waals surface area contributed by atoms with Crippen molar-refractivity contribution in [2.24, 2.45) is 0 Å². The maximum absolute atomic E-state index is 12.0. The molecule has 0 aliphatic rings. The van der Waals surface area contributed by atoms with Crippen molar-refractivity contribution in [1.29, 1.82) is 0 Å². The van der Waals surface area contributed by atoms with E-state index in [-0.39, 0.29) is 11.1 Å². The Morgan fingerprint density at radius 1 is 1.20 bits per heavy atom. The summed E-state index contributed by atoms with van der Waals surface area (Å²) in [5.41, 5.74) is 1.72. The molecule has 0 saturated carbocycles. The topological polar surface area (TPSA) is 68.4 Å². The molecule has 1 N–H and O–H groups in total. The Bertz CT molecular complexity index is 703. The first kappa shape index (κ1) is 13.9. The number of ether oxygens (including phenoxy) is 2. The van der Waals surface area contributed by atoms with E-state index in [0.717, 1.165) is 11.3 Å². The van der Waals surface area contributed by atoms with Crippen LogP contribution in [0.1, 0.15) is 15.9 Å². The number of benzene rings is 1. The number of hydrogen-bond donors (Lipinski definition) is 1. The van der Waals surface area contributed by atoms with E-state index < -0.39 is 5.97 Å². The van der Waals surface area contributed by atoms with Crippen molar-refractivity contribution < 1.29 is 14.3 Å². The van der Waals surface area contributed by atoms with Crippen molar-refractivity contribution >= 4 is 5.97 Å². The minimum atomic E-state index is -0.542. The molecule has 5 nitrogen and oxygen atoms in total. The Kier molecular flexibility index (Phi) is 3.89. The summed E-state index contributed by atoms with van der Waals surface area (Å²) in [6.45, 7) is 1.87. The Hall–Kier alpha value is -2.56. The van der Waals surface area contributed by atoms with Crippen molar-refractivity contribution in [3.63, 3.8) is 0 Å². The quantitative estimate of drug-likeness (QED) is 0.870. The van der Waals surface area contributed by atoms with E-state index in [1.165, 1.54) is 19.4 Å². The molecule has 0 amide bonds. The van der Waals surface area contributed by atoms with Crippen LogP contribution in [0, 0.1) is 6.92 Å². The van der Waals surface area contributed by atoms with Crippen LogP contribution in [0.25, 0.3) is 11.1 Å². The van der Waals surface area contributed by atoms with Crippen LogP contribution in [0.15, 0.2) is 35.3 Å². The lowest BCUT2D eigenvalue weighted by molar-refractivity contribution is 0.0601. The van der Waals surface area contributed by atoms with E-state index in [0.29, 0.717) is 11.1 Å². The first-order chi connectivity index (χ1) is 9.58. The summed E-state index contributed by atoms with van der Waals surface area (Å²) in [6, 6.07) is 6.83. The van der Waals surface area contributed by atoms with Crippen molar-refractivity contribution in [2.45, 2.75) is 6.92 Å². The molecule has 0 unspecified atom stereocenters. The lowest BCUT2D eigenvalue weighted by atomic mass is 10.00. The van der Waals surface area contributed by atoms with Gasteiger partial charge in [0.2, 0.25) is 0 Å². The molecule has 2 rings (SSSR count). The normalized spacial score (nSPS) is 10.2. The van der Waals surface area contributed by atoms with E-state index in [9.17, 15) is 9.59 Å². The first-order valence-electron chi connectivity index (χ1n) is 6.03. The second kappa shape index (κ2) is 5.61. The van der Waals surface area contributed by atoms with E-state index in [2.05, 4.69) is 4.98 Å². The van der Waals surface area contributed by atoms with Gasteiger partial charge >= 0.3 is 5.97 Å². The van der Waals surface area contributed by atoms with Gasteiger partial charge < -0.3 is 14.5 Å². The number of aryl methyl sites for hydroxylation is 1. The first-order valence-corrected chi connectivity index (χ1v) is 6.03. The smallest absolute Gasteiger partial charge is 0.338 e. The van der Waals surface area contributed by atoms with Crippen LogP contribution < -0.4 is 10.3 Å². The number of hydrogen-bond acceptors (Lipinski definition) is 4. The van der Waals surface area contributed by atoms with Gasteiger partial charge in [-0.1, -0.05) is 6.07 Å². The molecule has 1 aromatic carbocycles. The zero-order chi connectivity index (χ0) is 14.7. The van der Waals surface area contributed by atoms with Gasteiger partial charge in [-0.2, -0.15) is 0 Å². The number of H-pyrrole nitrogens is 1. The second-order valence-corrected chi connectivity index (χ2v) is 4.27. The number of rotatable bonds is 3. The van der Waals surface area contributed by atoms with E-state index in [1.807, 2.05) is 6.92 Å². The van der Waals surface area contributed by atoms with Crippen LogP contribution in [0.4, 0.5) is 0 Å². The minimum Gasteiger partial charge on any atom is -0.496 e. The molecule has 0 aliphatic heterocycles. The Morgan fingerprint density at radius 2 is 1.95 bits per heavy atom. The van der Waals surface area contributed by atoms with Crippen molar-refractivity contribution in [1.82, 2.24) is 4.98 Å². The number of carbonyl (C=O) groups excluding carboxylic acids is 1. The average Bonchev–Trinajstić information content (AvgIpc) is 2.46. The SMILES string of the molecule is COC(=O)c1cc[nH]c(=O)c1-c1ccc(OC)c(C)c1. The van der Waals surface area contributed by atoms with E-state index in [4.69, 9.17) is 9.47 Å². The standard InChI is InChI=1S/C15H15NO4/c1-9-8-10(4-5-12(9)19-2)13-11(15(18)20-3)6-7-16-14(13)17/h4-8H,1-3H3,(H,16,17). The van der Waals surface area contributed by atoms with Gasteiger partial charge in [0.25, 0.3) is 5.56 Å². The van der Waals surface area contributed by atoms with Crippen LogP contribution in [0.5, 0.6) is 5.75 Å². The molecule has 0 bridgehead atoms. The third kappa shape index (κ3) is 2.42. The van der Waals surface area contributed by atoms with Gasteiger partial charge in [-0.25, -0.2) is 4.79 Å². The Labute approximate surface area is 116 Å². The fourth-order valence-corrected chi connectivity index (χ4v) is 2.08. The third-order valence-corrected chi connectivity index (χ3v) is 3.05. The van der Waals surface area contributed by atoms with Crippen LogP contribution in [-0.4, -0.2) is 25.2 Å². The number of esters is 1. The highest BCUT2D eigenvalue weighted by atomic mass is 16.5. The minimum absolute atomic E-state index is 0.237. The fraction of sp³-hybridized carbons (Fsp3) is 0.200. The van der Waals surface area contributed by atoms with Crippen molar-refractivity contribution in [3.05, 3.63) is 51.9 Å². The zero-order valence-corrected chi connectivity index (χ0v) is 11.5. The van der Waals surface area contributed by atoms with Crippen molar-refractivity contribution in [3.8, 4) is 16.9 Å². The summed E-state index contributed by atoms with van der Waals surface area (Å²) in [5.74, 6) is 0.181. The lowest BCUT2D eigenvalue weighted by Crippen LogP contribution is -2.15. The summed E-state index contributed by atoms with van der Waals surface area (Å²) in [6.07, 6.45) is 1.43. The molecule has 1 aromatic heterocycles. The second-order valence-electron chi connectivity index (χ2n) is 4.27. The number of pyridine rings is 1. The number of carbonyl (C=O) groups is 1. The van der Waals surface area contributed by atoms with Gasteiger partial charge in [0, 0.05) is 6.20 Å². The maximum atomic E-state index is 12.0. The third-order valence-electron chi connectivity index (χ3n) is 3.05. The van der Waals surface area contributed by atoms with Crippen LogP contribution in [0.2, 0.25) is 0 Å². The summed E-state index contributed by atoms with van der Waals surface area (Å²) < 4.78 is 9.90. The molecule has 0 fully saturated rings. The van der Waals surface area contributed by atoms with Crippen molar-refractivity contribution in [2.75, 3.05) is 14.2 Å². The summed E-state index contributed by atoms with van der Waals surface area (Å²) in [5, 5.41) is 0. The molecular formula is C15H15NO4. The maximum Gasteiger partial charge on any atom is 0.338 e. The number of aromatic nitrogens is 1. The van der Waals surface area contributed by atoms with Gasteiger partial charge in [0.1, 0.15) is 5.75 Å². The predicted molar refractivity (Wildman–Crippen MR) is 75.1 cm³/mol. The molecule has 5 heteroatoms. The lowest BCUT2D eigenvalue weighted by Gasteiger charge is -2.10. The summed E-state index contributed by atoms with van der Waals surface area (Å²) in [4.78, 5) is 26.4. The molecule has 1 heterocycles. The summed E-state index contributed by atoms with van der Waals surface area (Å²) >= 11 is 0. The fourth-order valence-electron chi connectivity index (χ4n) is 2.08. The largest absolute Gasteiger partial charge is 0.496 e. The molecule has 2 aromatic rings. The molecule has 0 spiro atoms. The summed E-state index contributed by atoms with van der Waals surface area (Å²) in [7, 11) is 2.86. The molecule has 0 aliphatic carbocycles. The van der Waals surface area contributed by atoms with Gasteiger partial charge in [0.05, 0.1) is 25.3 Å². The van der Waals surface area contributed by atoms with Gasteiger partial charge in [0.15, 0.2) is 0 Å². The van der Waals surface area contributed by atoms with Gasteiger partial charge in [-0.05, 0) is 36.2 Å².